The zero-order valence-electron chi connectivity index (χ0n) is 10.4. The van der Waals surface area contributed by atoms with Gasteiger partial charge in [0.05, 0.1) is 6.10 Å². The predicted molar refractivity (Wildman–Crippen MR) is 66.3 cm³/mol. The largest absolute Gasteiger partial charge is 0.372 e. The van der Waals surface area contributed by atoms with Crippen molar-refractivity contribution in [2.45, 2.75) is 32.4 Å². The summed E-state index contributed by atoms with van der Waals surface area (Å²) in [5.41, 5.74) is 0.657. The third-order valence-corrected chi connectivity index (χ3v) is 3.37. The molecule has 2 atom stereocenters. The Morgan fingerprint density at radius 2 is 2.12 bits per heavy atom. The third kappa shape index (κ3) is 3.05. The van der Waals surface area contributed by atoms with Gasteiger partial charge in [-0.05, 0) is 18.4 Å². The van der Waals surface area contributed by atoms with Crippen molar-refractivity contribution in [1.82, 2.24) is 5.32 Å². The fourth-order valence-corrected chi connectivity index (χ4v) is 2.26. The minimum absolute atomic E-state index is 0.167. The van der Waals surface area contributed by atoms with Crippen molar-refractivity contribution in [3.05, 3.63) is 35.6 Å². The van der Waals surface area contributed by atoms with Crippen molar-refractivity contribution < 1.29 is 9.13 Å². The molecule has 1 aromatic carbocycles. The van der Waals surface area contributed by atoms with Gasteiger partial charge in [0.2, 0.25) is 0 Å². The van der Waals surface area contributed by atoms with Gasteiger partial charge in [0.25, 0.3) is 0 Å². The molecule has 0 saturated carbocycles. The topological polar surface area (TPSA) is 21.3 Å². The summed E-state index contributed by atoms with van der Waals surface area (Å²) in [6.07, 6.45) is 0.822. The van der Waals surface area contributed by atoms with Gasteiger partial charge in [0, 0.05) is 24.8 Å². The van der Waals surface area contributed by atoms with Crippen LogP contribution in [0.2, 0.25) is 0 Å². The van der Waals surface area contributed by atoms with Crippen LogP contribution in [0.4, 0.5) is 4.39 Å². The highest BCUT2D eigenvalue weighted by Gasteiger charge is 2.23. The number of hydrogen-bond donors (Lipinski definition) is 1. The van der Waals surface area contributed by atoms with E-state index in [2.05, 4.69) is 19.2 Å². The molecule has 2 rings (SSSR count). The first-order chi connectivity index (χ1) is 8.18. The smallest absolute Gasteiger partial charge is 0.129 e. The summed E-state index contributed by atoms with van der Waals surface area (Å²) in [6.45, 7) is 5.76. The van der Waals surface area contributed by atoms with E-state index < -0.39 is 0 Å². The fourth-order valence-electron chi connectivity index (χ4n) is 2.26. The quantitative estimate of drug-likeness (QED) is 0.854. The lowest BCUT2D eigenvalue weighted by molar-refractivity contribution is 0.0636. The molecule has 0 bridgehead atoms. The number of hydrogen-bond acceptors (Lipinski definition) is 2. The Balaban J connectivity index is 2.07. The Morgan fingerprint density at radius 3 is 2.82 bits per heavy atom. The van der Waals surface area contributed by atoms with E-state index in [1.54, 1.807) is 12.1 Å². The molecule has 2 unspecified atom stereocenters. The van der Waals surface area contributed by atoms with Crippen LogP contribution in [-0.4, -0.2) is 19.2 Å². The third-order valence-electron chi connectivity index (χ3n) is 3.37. The van der Waals surface area contributed by atoms with Gasteiger partial charge in [0.1, 0.15) is 5.82 Å². The van der Waals surface area contributed by atoms with E-state index in [1.807, 2.05) is 6.07 Å². The van der Waals surface area contributed by atoms with Crippen LogP contribution in [0.1, 0.15) is 31.9 Å². The van der Waals surface area contributed by atoms with E-state index in [0.717, 1.165) is 6.42 Å². The summed E-state index contributed by atoms with van der Waals surface area (Å²) in [7, 11) is 0. The average molecular weight is 237 g/mol. The van der Waals surface area contributed by atoms with E-state index >= 15 is 0 Å². The lowest BCUT2D eigenvalue weighted by Gasteiger charge is -2.20. The minimum Gasteiger partial charge on any atom is -0.372 e. The van der Waals surface area contributed by atoms with Crippen LogP contribution in [0.25, 0.3) is 0 Å². The average Bonchev–Trinajstić information content (AvgIpc) is 2.55. The van der Waals surface area contributed by atoms with Gasteiger partial charge in [-0.3, -0.25) is 0 Å². The van der Waals surface area contributed by atoms with Crippen molar-refractivity contribution in [2.24, 2.45) is 5.92 Å². The molecule has 0 aliphatic carbocycles. The second-order valence-electron chi connectivity index (χ2n) is 4.93. The first kappa shape index (κ1) is 12.5. The van der Waals surface area contributed by atoms with Crippen LogP contribution >= 0.6 is 0 Å². The van der Waals surface area contributed by atoms with E-state index in [1.165, 1.54) is 6.07 Å². The molecule has 2 nitrogen and oxygen atoms in total. The monoisotopic (exact) mass is 237 g/mol. The Morgan fingerprint density at radius 1 is 1.35 bits per heavy atom. The normalized spacial score (nSPS) is 25.9. The maximum Gasteiger partial charge on any atom is 0.129 e. The first-order valence-corrected chi connectivity index (χ1v) is 6.28. The number of rotatable bonds is 2. The molecule has 1 saturated heterocycles. The van der Waals surface area contributed by atoms with Crippen molar-refractivity contribution in [3.8, 4) is 0 Å². The Kier molecular flexibility index (Phi) is 4.13. The van der Waals surface area contributed by atoms with Gasteiger partial charge in [0.15, 0.2) is 0 Å². The van der Waals surface area contributed by atoms with Crippen LogP contribution in [0.5, 0.6) is 0 Å². The van der Waals surface area contributed by atoms with Gasteiger partial charge in [-0.1, -0.05) is 32.0 Å². The molecule has 1 aliphatic rings. The minimum atomic E-state index is -0.178. The summed E-state index contributed by atoms with van der Waals surface area (Å²) in [6, 6.07) is 7.32. The molecule has 1 aromatic rings. The zero-order valence-corrected chi connectivity index (χ0v) is 10.4. The molecule has 0 spiro atoms. The molecular formula is C14H20FNO. The second kappa shape index (κ2) is 5.61. The summed E-state index contributed by atoms with van der Waals surface area (Å²) in [5.74, 6) is 0.403. The lowest BCUT2D eigenvalue weighted by Crippen LogP contribution is -2.34. The number of benzene rings is 1. The maximum atomic E-state index is 13.7. The first-order valence-electron chi connectivity index (χ1n) is 6.28. The van der Waals surface area contributed by atoms with E-state index in [-0.39, 0.29) is 11.9 Å². The summed E-state index contributed by atoms with van der Waals surface area (Å²) in [4.78, 5) is 0. The number of nitrogens with one attached hydrogen (secondary N) is 1. The molecule has 1 fully saturated rings. The SMILES string of the molecule is CC(C)C1CCOC(c2ccccc2F)CN1. The van der Waals surface area contributed by atoms with Crippen LogP contribution in [0.15, 0.2) is 24.3 Å². The van der Waals surface area contributed by atoms with Gasteiger partial charge in [-0.2, -0.15) is 0 Å². The molecule has 1 aliphatic heterocycles. The predicted octanol–water partition coefficient (Wildman–Crippen LogP) is 2.90. The molecule has 0 amide bonds. The van der Waals surface area contributed by atoms with Gasteiger partial charge < -0.3 is 10.1 Å². The van der Waals surface area contributed by atoms with Crippen molar-refractivity contribution in [1.29, 1.82) is 0 Å². The molecule has 0 aromatic heterocycles. The van der Waals surface area contributed by atoms with Gasteiger partial charge in [-0.25, -0.2) is 4.39 Å². The standard InChI is InChI=1S/C14H20FNO/c1-10(2)13-7-8-17-14(9-16-13)11-5-3-4-6-12(11)15/h3-6,10,13-14,16H,7-9H2,1-2H3. The van der Waals surface area contributed by atoms with Crippen molar-refractivity contribution in [3.63, 3.8) is 0 Å². The van der Waals surface area contributed by atoms with Crippen LogP contribution in [0, 0.1) is 11.7 Å². The molecule has 1 heterocycles. The number of ether oxygens (including phenoxy) is 1. The molecule has 1 N–H and O–H groups in total. The van der Waals surface area contributed by atoms with Crippen molar-refractivity contribution >= 4 is 0 Å². The van der Waals surface area contributed by atoms with E-state index in [4.69, 9.17) is 4.74 Å². The van der Waals surface area contributed by atoms with Crippen molar-refractivity contribution in [2.75, 3.05) is 13.2 Å². The summed E-state index contributed by atoms with van der Waals surface area (Å²) >= 11 is 0. The summed E-state index contributed by atoms with van der Waals surface area (Å²) in [5, 5.41) is 3.47. The zero-order chi connectivity index (χ0) is 12.3. The second-order valence-corrected chi connectivity index (χ2v) is 4.93. The maximum absolute atomic E-state index is 13.7. The number of halogens is 1. The van der Waals surface area contributed by atoms with Crippen LogP contribution in [-0.2, 0) is 4.74 Å². The fraction of sp³-hybridized carbons (Fsp3) is 0.571. The lowest BCUT2D eigenvalue weighted by atomic mass is 10.0. The van der Waals surface area contributed by atoms with Gasteiger partial charge >= 0.3 is 0 Å². The molecular weight excluding hydrogens is 217 g/mol. The molecule has 0 radical (unpaired) electrons. The molecule has 3 heteroatoms. The van der Waals surface area contributed by atoms with E-state index in [0.29, 0.717) is 30.7 Å². The van der Waals surface area contributed by atoms with E-state index in [9.17, 15) is 4.39 Å². The Bertz CT molecular complexity index is 367. The highest BCUT2D eigenvalue weighted by atomic mass is 19.1. The highest BCUT2D eigenvalue weighted by molar-refractivity contribution is 5.20. The Hall–Kier alpha value is -0.930. The highest BCUT2D eigenvalue weighted by Crippen LogP contribution is 2.23. The molecule has 94 valence electrons. The molecule has 17 heavy (non-hydrogen) atoms. The Labute approximate surface area is 102 Å². The van der Waals surface area contributed by atoms with Crippen LogP contribution < -0.4 is 5.32 Å². The summed E-state index contributed by atoms with van der Waals surface area (Å²) < 4.78 is 19.4. The van der Waals surface area contributed by atoms with Crippen LogP contribution in [0.3, 0.4) is 0 Å². The van der Waals surface area contributed by atoms with Gasteiger partial charge in [-0.15, -0.1) is 0 Å².